The molecule has 0 amide bonds. The summed E-state index contributed by atoms with van der Waals surface area (Å²) >= 11 is 3.40. The van der Waals surface area contributed by atoms with Crippen LogP contribution in [0.1, 0.15) is 20.7 Å². The molecule has 4 rings (SSSR count). The topological polar surface area (TPSA) is 99.4 Å². The molecule has 0 aliphatic heterocycles. The van der Waals surface area contributed by atoms with Gasteiger partial charge in [0.2, 0.25) is 0 Å². The summed E-state index contributed by atoms with van der Waals surface area (Å²) in [4.78, 5) is 40.1. The summed E-state index contributed by atoms with van der Waals surface area (Å²) < 4.78 is 6.21. The zero-order valence-electron chi connectivity index (χ0n) is 16.5. The lowest BCUT2D eigenvalue weighted by molar-refractivity contribution is -0.384. The molecular weight excluding hydrogens is 476 g/mol. The number of nitro groups is 1. The number of rotatable bonds is 6. The van der Waals surface area contributed by atoms with E-state index in [1.165, 1.54) is 24.3 Å². The van der Waals surface area contributed by atoms with Crippen LogP contribution in [0, 0.1) is 10.1 Å². The number of carbonyl (C=O) groups excluding carboxylic acids is 2. The van der Waals surface area contributed by atoms with Gasteiger partial charge in [-0.3, -0.25) is 14.9 Å². The Hall–Kier alpha value is -3.91. The second-order valence-corrected chi connectivity index (χ2v) is 7.80. The van der Waals surface area contributed by atoms with Crippen LogP contribution in [0.2, 0.25) is 0 Å². The van der Waals surface area contributed by atoms with E-state index in [4.69, 9.17) is 4.74 Å². The lowest BCUT2D eigenvalue weighted by Gasteiger charge is -2.10. The van der Waals surface area contributed by atoms with E-state index >= 15 is 0 Å². The van der Waals surface area contributed by atoms with E-state index < -0.39 is 23.3 Å². The van der Waals surface area contributed by atoms with E-state index in [9.17, 15) is 19.7 Å². The average molecular weight is 491 g/mol. The molecule has 0 spiro atoms. The smallest absolute Gasteiger partial charge is 0.339 e. The van der Waals surface area contributed by atoms with Crippen molar-refractivity contribution in [2.24, 2.45) is 0 Å². The molecular formula is C24H15BrN2O5. The summed E-state index contributed by atoms with van der Waals surface area (Å²) in [6.45, 7) is -0.485. The second kappa shape index (κ2) is 9.07. The molecule has 32 heavy (non-hydrogen) atoms. The third-order valence-electron chi connectivity index (χ3n) is 4.81. The number of fused-ring (bicyclic) bond motifs is 1. The van der Waals surface area contributed by atoms with E-state index in [0.717, 1.165) is 10.0 Å². The Morgan fingerprint density at radius 2 is 1.66 bits per heavy atom. The fraction of sp³-hybridized carbons (Fsp3) is 0.0417. The number of esters is 1. The van der Waals surface area contributed by atoms with Crippen molar-refractivity contribution >= 4 is 44.3 Å². The summed E-state index contributed by atoms with van der Waals surface area (Å²) in [6, 6.07) is 21.5. The molecule has 0 unspecified atom stereocenters. The summed E-state index contributed by atoms with van der Waals surface area (Å²) in [5.41, 5.74) is 2.45. The van der Waals surface area contributed by atoms with Gasteiger partial charge in [-0.05, 0) is 36.4 Å². The van der Waals surface area contributed by atoms with Gasteiger partial charge in [0.15, 0.2) is 12.4 Å². The number of halogens is 1. The van der Waals surface area contributed by atoms with Gasteiger partial charge >= 0.3 is 5.97 Å². The van der Waals surface area contributed by atoms with Crippen molar-refractivity contribution in [3.8, 4) is 11.3 Å². The fourth-order valence-corrected chi connectivity index (χ4v) is 3.44. The van der Waals surface area contributed by atoms with E-state index in [1.54, 1.807) is 24.3 Å². The normalized spacial score (nSPS) is 10.7. The lowest BCUT2D eigenvalue weighted by Crippen LogP contribution is -2.15. The van der Waals surface area contributed by atoms with Crippen molar-refractivity contribution in [1.82, 2.24) is 4.98 Å². The molecule has 0 saturated heterocycles. The number of ether oxygens (including phenoxy) is 1. The number of nitro benzene ring substituents is 1. The van der Waals surface area contributed by atoms with Gasteiger partial charge in [0.1, 0.15) is 0 Å². The van der Waals surface area contributed by atoms with Gasteiger partial charge in [-0.15, -0.1) is 0 Å². The van der Waals surface area contributed by atoms with Crippen LogP contribution >= 0.6 is 15.9 Å². The molecule has 0 N–H and O–H groups in total. The van der Waals surface area contributed by atoms with Crippen molar-refractivity contribution in [2.75, 3.05) is 6.61 Å². The highest BCUT2D eigenvalue weighted by Gasteiger charge is 2.17. The molecule has 3 aromatic carbocycles. The Morgan fingerprint density at radius 1 is 0.969 bits per heavy atom. The molecule has 0 radical (unpaired) electrons. The van der Waals surface area contributed by atoms with Crippen LogP contribution in [0.3, 0.4) is 0 Å². The highest BCUT2D eigenvalue weighted by molar-refractivity contribution is 9.10. The van der Waals surface area contributed by atoms with E-state index in [0.29, 0.717) is 22.2 Å². The Morgan fingerprint density at radius 3 is 2.34 bits per heavy atom. The third-order valence-corrected chi connectivity index (χ3v) is 5.34. The molecule has 1 heterocycles. The van der Waals surface area contributed by atoms with Gasteiger partial charge in [-0.2, -0.15) is 0 Å². The van der Waals surface area contributed by atoms with Gasteiger partial charge in [0.25, 0.3) is 5.69 Å². The molecule has 7 nitrogen and oxygen atoms in total. The highest BCUT2D eigenvalue weighted by atomic mass is 79.9. The maximum atomic E-state index is 12.9. The van der Waals surface area contributed by atoms with Crippen molar-refractivity contribution in [2.45, 2.75) is 0 Å². The molecule has 0 aliphatic rings. The quantitative estimate of drug-likeness (QED) is 0.150. The van der Waals surface area contributed by atoms with E-state index in [2.05, 4.69) is 20.9 Å². The van der Waals surface area contributed by atoms with Crippen LogP contribution in [0.15, 0.2) is 83.3 Å². The number of ketones is 1. The highest BCUT2D eigenvalue weighted by Crippen LogP contribution is 2.26. The summed E-state index contributed by atoms with van der Waals surface area (Å²) in [6.07, 6.45) is 0. The van der Waals surface area contributed by atoms with Crippen molar-refractivity contribution in [3.05, 3.63) is 105 Å². The predicted molar refractivity (Wildman–Crippen MR) is 123 cm³/mol. The van der Waals surface area contributed by atoms with Crippen molar-refractivity contribution in [1.29, 1.82) is 0 Å². The molecule has 0 bridgehead atoms. The minimum atomic E-state index is -0.655. The molecule has 0 aliphatic carbocycles. The van der Waals surface area contributed by atoms with Crippen LogP contribution in [0.5, 0.6) is 0 Å². The summed E-state index contributed by atoms with van der Waals surface area (Å²) in [5.74, 6) is -1.11. The maximum absolute atomic E-state index is 12.9. The molecule has 158 valence electrons. The largest absolute Gasteiger partial charge is 0.454 e. The number of para-hydroxylation sites is 1. The third kappa shape index (κ3) is 4.55. The number of carbonyl (C=O) groups is 2. The first-order valence-corrected chi connectivity index (χ1v) is 10.3. The van der Waals surface area contributed by atoms with E-state index in [-0.39, 0.29) is 11.3 Å². The minimum absolute atomic E-state index is 0.123. The Kier molecular flexibility index (Phi) is 6.04. The van der Waals surface area contributed by atoms with Gasteiger partial charge in [0, 0.05) is 33.1 Å². The van der Waals surface area contributed by atoms with E-state index in [1.807, 2.05) is 30.3 Å². The number of hydrogen-bond donors (Lipinski definition) is 0. The first-order valence-electron chi connectivity index (χ1n) is 9.53. The van der Waals surface area contributed by atoms with Crippen LogP contribution in [-0.4, -0.2) is 28.3 Å². The van der Waals surface area contributed by atoms with Gasteiger partial charge in [-0.1, -0.05) is 46.3 Å². The molecule has 4 aromatic rings. The number of hydrogen-bond acceptors (Lipinski definition) is 6. The van der Waals surface area contributed by atoms with Crippen LogP contribution < -0.4 is 0 Å². The summed E-state index contributed by atoms with van der Waals surface area (Å²) in [7, 11) is 0. The zero-order chi connectivity index (χ0) is 22.7. The summed E-state index contributed by atoms with van der Waals surface area (Å²) in [5, 5.41) is 11.4. The SMILES string of the molecule is O=C(COC(=O)c1cc(-c2ccc(Br)cc2)nc2ccccc12)c1ccc([N+](=O)[O-])cc1. The van der Waals surface area contributed by atoms with Crippen molar-refractivity contribution < 1.29 is 19.2 Å². The first-order chi connectivity index (χ1) is 15.4. The molecule has 8 heteroatoms. The number of nitrogens with zero attached hydrogens (tertiary/aromatic N) is 2. The Bertz CT molecular complexity index is 1340. The van der Waals surface area contributed by atoms with Crippen molar-refractivity contribution in [3.63, 3.8) is 0 Å². The predicted octanol–water partition coefficient (Wildman–Crippen LogP) is 5.61. The lowest BCUT2D eigenvalue weighted by atomic mass is 10.0. The average Bonchev–Trinajstić information content (AvgIpc) is 2.82. The molecule has 1 aromatic heterocycles. The minimum Gasteiger partial charge on any atom is -0.454 e. The number of Topliss-reactive ketones (excluding diaryl/α,β-unsaturated/α-hetero) is 1. The number of non-ortho nitro benzene ring substituents is 1. The number of benzene rings is 3. The van der Waals surface area contributed by atoms with Gasteiger partial charge < -0.3 is 4.74 Å². The second-order valence-electron chi connectivity index (χ2n) is 6.88. The first kappa shape index (κ1) is 21.3. The van der Waals surface area contributed by atoms with Gasteiger partial charge in [-0.25, -0.2) is 9.78 Å². The monoisotopic (exact) mass is 490 g/mol. The molecule has 0 saturated carbocycles. The number of pyridine rings is 1. The van der Waals surface area contributed by atoms with Crippen LogP contribution in [0.4, 0.5) is 5.69 Å². The van der Waals surface area contributed by atoms with Crippen LogP contribution in [0.25, 0.3) is 22.2 Å². The maximum Gasteiger partial charge on any atom is 0.339 e. The number of aromatic nitrogens is 1. The standard InChI is InChI=1S/C24H15BrN2O5/c25-17-9-5-15(6-10-17)22-13-20(19-3-1-2-4-21(19)26-22)24(29)32-14-23(28)16-7-11-18(12-8-16)27(30)31/h1-13H,14H2. The molecule has 0 atom stereocenters. The Labute approximate surface area is 190 Å². The fourth-order valence-electron chi connectivity index (χ4n) is 3.17. The van der Waals surface area contributed by atoms with Gasteiger partial charge in [0.05, 0.1) is 21.7 Å². The van der Waals surface area contributed by atoms with Crippen LogP contribution in [-0.2, 0) is 4.74 Å². The zero-order valence-corrected chi connectivity index (χ0v) is 18.1. The Balaban J connectivity index is 1.59. The molecule has 0 fully saturated rings.